The number of aliphatic carboxylic acids is 2. The summed E-state index contributed by atoms with van der Waals surface area (Å²) in [5.41, 5.74) is 0.740. The van der Waals surface area contributed by atoms with Crippen LogP contribution in [0.4, 0.5) is 13.2 Å². The lowest BCUT2D eigenvalue weighted by molar-refractivity contribution is -0.192. The van der Waals surface area contributed by atoms with Gasteiger partial charge in [-0.2, -0.15) is 13.2 Å². The highest BCUT2D eigenvalue weighted by molar-refractivity contribution is 7.16. The van der Waals surface area contributed by atoms with Gasteiger partial charge in [-0.05, 0) is 19.8 Å². The third kappa shape index (κ3) is 5.68. The first-order valence-corrected chi connectivity index (χ1v) is 9.03. The molecule has 2 N–H and O–H groups in total. The van der Waals surface area contributed by atoms with Crippen LogP contribution >= 0.6 is 11.3 Å². The van der Waals surface area contributed by atoms with E-state index in [2.05, 4.69) is 4.98 Å². The maximum atomic E-state index is 12.3. The summed E-state index contributed by atoms with van der Waals surface area (Å²) in [6.45, 7) is 2.98. The van der Waals surface area contributed by atoms with Crippen LogP contribution in [0.1, 0.15) is 23.4 Å². The van der Waals surface area contributed by atoms with Crippen molar-refractivity contribution in [3.63, 3.8) is 0 Å². The van der Waals surface area contributed by atoms with E-state index in [1.807, 2.05) is 23.7 Å². The fraction of sp³-hybridized carbons (Fsp3) is 0.500. The lowest BCUT2D eigenvalue weighted by atomic mass is 9.98. The van der Waals surface area contributed by atoms with Crippen molar-refractivity contribution < 1.29 is 37.8 Å². The second-order valence-electron chi connectivity index (χ2n) is 6.26. The third-order valence-electron chi connectivity index (χ3n) is 4.02. The molecular weight excluding hydrogens is 403 g/mol. The number of alkyl halides is 3. The number of aromatic nitrogens is 2. The Morgan fingerprint density at radius 1 is 1.29 bits per heavy atom. The van der Waals surface area contributed by atoms with Crippen molar-refractivity contribution in [2.75, 3.05) is 13.1 Å². The molecule has 2 aromatic heterocycles. The topological polar surface area (TPSA) is 112 Å². The van der Waals surface area contributed by atoms with E-state index >= 15 is 0 Å². The van der Waals surface area contributed by atoms with Crippen LogP contribution in [0.15, 0.2) is 12.4 Å². The van der Waals surface area contributed by atoms with Gasteiger partial charge in [0.25, 0.3) is 0 Å². The first-order valence-electron chi connectivity index (χ1n) is 8.22. The third-order valence-corrected chi connectivity index (χ3v) is 4.93. The molecule has 1 amide bonds. The van der Waals surface area contributed by atoms with E-state index in [-0.39, 0.29) is 12.3 Å². The van der Waals surface area contributed by atoms with Crippen molar-refractivity contribution in [1.82, 2.24) is 14.3 Å². The van der Waals surface area contributed by atoms with E-state index in [0.29, 0.717) is 19.5 Å². The van der Waals surface area contributed by atoms with Crippen LogP contribution in [0.2, 0.25) is 0 Å². The molecule has 1 fully saturated rings. The molecule has 8 nitrogen and oxygen atoms in total. The van der Waals surface area contributed by atoms with Gasteiger partial charge < -0.3 is 15.1 Å². The number of hydrogen-bond donors (Lipinski definition) is 2. The lowest BCUT2D eigenvalue weighted by Gasteiger charge is -2.30. The number of rotatable bonds is 3. The fourth-order valence-electron chi connectivity index (χ4n) is 2.72. The quantitative estimate of drug-likeness (QED) is 0.786. The number of aryl methyl sites for hydroxylation is 1. The molecule has 12 heteroatoms. The van der Waals surface area contributed by atoms with Crippen LogP contribution in [-0.4, -0.2) is 61.6 Å². The van der Waals surface area contributed by atoms with Crippen LogP contribution in [0.5, 0.6) is 0 Å². The smallest absolute Gasteiger partial charge is 0.481 e. The largest absolute Gasteiger partial charge is 0.490 e. The van der Waals surface area contributed by atoms with Crippen molar-refractivity contribution in [3.05, 3.63) is 23.0 Å². The normalized spacial score (nSPS) is 17.1. The summed E-state index contributed by atoms with van der Waals surface area (Å²) >= 11 is 1.59. The zero-order chi connectivity index (χ0) is 21.1. The molecule has 3 rings (SSSR count). The Morgan fingerprint density at radius 3 is 2.46 bits per heavy atom. The zero-order valence-corrected chi connectivity index (χ0v) is 15.6. The highest BCUT2D eigenvalue weighted by Gasteiger charge is 2.38. The second-order valence-corrected chi connectivity index (χ2v) is 7.47. The minimum absolute atomic E-state index is 0.0385. The molecule has 0 bridgehead atoms. The molecule has 1 atom stereocenters. The van der Waals surface area contributed by atoms with Crippen LogP contribution in [0, 0.1) is 12.8 Å². The number of fused-ring (bicyclic) bond motifs is 1. The van der Waals surface area contributed by atoms with Crippen LogP contribution in [0.3, 0.4) is 0 Å². The summed E-state index contributed by atoms with van der Waals surface area (Å²) in [5.74, 6) is -4.04. The molecule has 0 aromatic carbocycles. The van der Waals surface area contributed by atoms with E-state index in [9.17, 15) is 22.8 Å². The summed E-state index contributed by atoms with van der Waals surface area (Å²) in [7, 11) is 0. The number of hydrogen-bond acceptors (Lipinski definition) is 5. The van der Waals surface area contributed by atoms with E-state index < -0.39 is 24.0 Å². The van der Waals surface area contributed by atoms with Crippen molar-refractivity contribution in [2.45, 2.75) is 32.4 Å². The predicted molar refractivity (Wildman–Crippen MR) is 92.1 cm³/mol. The Kier molecular flexibility index (Phi) is 6.65. The van der Waals surface area contributed by atoms with E-state index in [4.69, 9.17) is 15.0 Å². The minimum Gasteiger partial charge on any atom is -0.481 e. The van der Waals surface area contributed by atoms with Gasteiger partial charge in [0.2, 0.25) is 5.91 Å². The van der Waals surface area contributed by atoms with Gasteiger partial charge in [0.1, 0.15) is 0 Å². The number of carbonyl (C=O) groups excluding carboxylic acids is 1. The van der Waals surface area contributed by atoms with Gasteiger partial charge in [-0.3, -0.25) is 14.0 Å². The summed E-state index contributed by atoms with van der Waals surface area (Å²) in [6, 6.07) is 0. The molecule has 1 aliphatic heterocycles. The number of imidazole rings is 1. The highest BCUT2D eigenvalue weighted by atomic mass is 32.1. The molecule has 154 valence electrons. The molecule has 0 spiro atoms. The van der Waals surface area contributed by atoms with Gasteiger partial charge >= 0.3 is 18.1 Å². The van der Waals surface area contributed by atoms with Crippen molar-refractivity contribution >= 4 is 34.1 Å². The first kappa shape index (κ1) is 21.7. The molecule has 3 heterocycles. The average Bonchev–Trinajstić information content (AvgIpc) is 3.11. The van der Waals surface area contributed by atoms with Crippen LogP contribution in [0.25, 0.3) is 4.96 Å². The Bertz CT molecular complexity index is 845. The first-order chi connectivity index (χ1) is 13.0. The zero-order valence-electron chi connectivity index (χ0n) is 14.8. The Hall–Kier alpha value is -2.63. The van der Waals surface area contributed by atoms with Gasteiger partial charge in [-0.25, -0.2) is 9.78 Å². The van der Waals surface area contributed by atoms with Crippen molar-refractivity contribution in [3.8, 4) is 0 Å². The van der Waals surface area contributed by atoms with Crippen molar-refractivity contribution in [1.29, 1.82) is 0 Å². The van der Waals surface area contributed by atoms with Crippen molar-refractivity contribution in [2.24, 2.45) is 5.92 Å². The number of amides is 1. The predicted octanol–water partition coefficient (Wildman–Crippen LogP) is 2.20. The lowest BCUT2D eigenvalue weighted by Crippen LogP contribution is -2.43. The molecule has 1 aliphatic rings. The van der Waals surface area contributed by atoms with Gasteiger partial charge in [-0.15, -0.1) is 11.3 Å². The number of carboxylic acids is 2. The Morgan fingerprint density at radius 2 is 1.93 bits per heavy atom. The summed E-state index contributed by atoms with van der Waals surface area (Å²) in [6.07, 6.45) is 0.413. The number of likely N-dealkylation sites (tertiary alicyclic amines) is 1. The van der Waals surface area contributed by atoms with Gasteiger partial charge in [0.05, 0.1) is 18.0 Å². The molecule has 1 unspecified atom stereocenters. The molecule has 0 aliphatic carbocycles. The van der Waals surface area contributed by atoms with Gasteiger partial charge in [0.15, 0.2) is 4.96 Å². The standard InChI is InChI=1S/C14H17N3O3S.C2HF3O2/c1-9-6-17-8-11(15-14(17)21-9)5-12(18)16-4-2-3-10(7-16)13(19)20;3-2(4,5)1(6)7/h6,8,10H,2-5,7H2,1H3,(H,19,20);(H,6,7). The molecular formula is C16H18F3N3O5S. The highest BCUT2D eigenvalue weighted by Crippen LogP contribution is 2.20. The minimum atomic E-state index is -5.08. The maximum Gasteiger partial charge on any atom is 0.490 e. The number of carboxylic acid groups (broad SMARTS) is 2. The van der Waals surface area contributed by atoms with Crippen LogP contribution in [-0.2, 0) is 20.8 Å². The van der Waals surface area contributed by atoms with Gasteiger partial charge in [0, 0.05) is 30.4 Å². The monoisotopic (exact) mass is 421 g/mol. The summed E-state index contributed by atoms with van der Waals surface area (Å²) < 4.78 is 33.7. The Labute approximate surface area is 161 Å². The molecule has 0 saturated carbocycles. The average molecular weight is 421 g/mol. The number of piperidine rings is 1. The Balaban J connectivity index is 0.000000345. The second kappa shape index (κ2) is 8.59. The fourth-order valence-corrected chi connectivity index (χ4v) is 3.54. The van der Waals surface area contributed by atoms with Crippen LogP contribution < -0.4 is 0 Å². The van der Waals surface area contributed by atoms with E-state index in [1.165, 1.54) is 4.88 Å². The van der Waals surface area contributed by atoms with E-state index in [1.54, 1.807) is 16.2 Å². The van der Waals surface area contributed by atoms with Gasteiger partial charge in [-0.1, -0.05) is 0 Å². The molecule has 2 aromatic rings. The maximum absolute atomic E-state index is 12.3. The molecule has 0 radical (unpaired) electrons. The number of thiazole rings is 1. The number of halogens is 3. The van der Waals surface area contributed by atoms with E-state index in [0.717, 1.165) is 17.1 Å². The number of nitrogens with zero attached hydrogens (tertiary/aromatic N) is 3. The summed E-state index contributed by atoms with van der Waals surface area (Å²) in [5, 5.41) is 16.2. The SMILES string of the molecule is Cc1cn2cc(CC(=O)N3CCCC(C(=O)O)C3)nc2s1.O=C(O)C(F)(F)F. The number of carbonyl (C=O) groups is 3. The molecule has 28 heavy (non-hydrogen) atoms. The summed E-state index contributed by atoms with van der Waals surface area (Å²) in [4.78, 5) is 40.4. The molecule has 1 saturated heterocycles.